The molecular formula is C35H50FN5O9. The van der Waals surface area contributed by atoms with Crippen molar-refractivity contribution in [2.24, 2.45) is 5.92 Å². The third-order valence-electron chi connectivity index (χ3n) is 8.51. The summed E-state index contributed by atoms with van der Waals surface area (Å²) in [5.74, 6) is 0.137. The van der Waals surface area contributed by atoms with Crippen LogP contribution in [0.15, 0.2) is 6.33 Å². The van der Waals surface area contributed by atoms with E-state index >= 15 is 0 Å². The van der Waals surface area contributed by atoms with Crippen LogP contribution in [-0.4, -0.2) is 74.9 Å². The first kappa shape index (κ1) is 40.1. The maximum atomic E-state index is 13.9. The Kier molecular flexibility index (Phi) is 16.3. The lowest BCUT2D eigenvalue weighted by atomic mass is 9.90. The van der Waals surface area contributed by atoms with Gasteiger partial charge in [0.25, 0.3) is 0 Å². The summed E-state index contributed by atoms with van der Waals surface area (Å²) in [6, 6.07) is 0. The van der Waals surface area contributed by atoms with Crippen LogP contribution in [0.2, 0.25) is 0 Å². The number of nitrogen functional groups attached to an aromatic ring is 1. The van der Waals surface area contributed by atoms with Gasteiger partial charge in [0.05, 0.1) is 6.33 Å². The highest BCUT2D eigenvalue weighted by atomic mass is 19.1. The van der Waals surface area contributed by atoms with Crippen LogP contribution in [0.25, 0.3) is 11.2 Å². The first-order chi connectivity index (χ1) is 24.0. The summed E-state index contributed by atoms with van der Waals surface area (Å²) in [4.78, 5) is 61.1. The number of terminal acetylenes is 1. The standard InChI is InChI=1S/C35H50FN5O9/c1-5-8-10-12-15-27(42)46-20-25(21-47-28(43)16-13-11-9-6-2)49-30(45)18-14-17-29(44)48-22-35(7-3)24(4)19-26(50-35)41-23-38-31-32(37)39-34(36)40-33(31)41/h3,23-26H,5-6,8-22H2,1-2,4H3,(H2,37,39,40)/t24-,26+,35+/m0/s1. The smallest absolute Gasteiger partial charge is 0.312 e. The Morgan fingerprint density at radius 3 is 2.12 bits per heavy atom. The van der Waals surface area contributed by atoms with Crippen LogP contribution in [0.1, 0.15) is 117 Å². The van der Waals surface area contributed by atoms with Crippen LogP contribution in [0.5, 0.6) is 0 Å². The van der Waals surface area contributed by atoms with Crippen molar-refractivity contribution in [2.75, 3.05) is 25.6 Å². The van der Waals surface area contributed by atoms with Gasteiger partial charge in [-0.25, -0.2) is 4.98 Å². The predicted molar refractivity (Wildman–Crippen MR) is 179 cm³/mol. The fourth-order valence-electron chi connectivity index (χ4n) is 5.49. The van der Waals surface area contributed by atoms with Gasteiger partial charge in [0, 0.05) is 31.6 Å². The van der Waals surface area contributed by atoms with E-state index in [1.165, 1.54) is 10.9 Å². The summed E-state index contributed by atoms with van der Waals surface area (Å²) in [6.07, 6.45) is 12.7. The molecule has 0 unspecified atom stereocenters. The molecule has 1 aliphatic heterocycles. The molecule has 2 N–H and O–H groups in total. The summed E-state index contributed by atoms with van der Waals surface area (Å²) < 4.78 is 43.1. The number of halogens is 1. The Labute approximate surface area is 292 Å². The van der Waals surface area contributed by atoms with E-state index in [1.807, 2.05) is 6.92 Å². The first-order valence-electron chi connectivity index (χ1n) is 17.5. The second kappa shape index (κ2) is 20.4. The van der Waals surface area contributed by atoms with Crippen LogP contribution in [0.4, 0.5) is 10.2 Å². The molecule has 2 aromatic heterocycles. The zero-order chi connectivity index (χ0) is 36.5. The van der Waals surface area contributed by atoms with Gasteiger partial charge in [-0.1, -0.05) is 65.2 Å². The average Bonchev–Trinajstić information content (AvgIpc) is 3.66. The summed E-state index contributed by atoms with van der Waals surface area (Å²) >= 11 is 0. The monoisotopic (exact) mass is 703 g/mol. The number of nitrogens with zero attached hydrogens (tertiary/aromatic N) is 4. The predicted octanol–water partition coefficient (Wildman–Crippen LogP) is 5.13. The topological polar surface area (TPSA) is 184 Å². The molecule has 3 heterocycles. The van der Waals surface area contributed by atoms with Gasteiger partial charge in [0.1, 0.15) is 26.0 Å². The number of anilines is 1. The van der Waals surface area contributed by atoms with Crippen LogP contribution < -0.4 is 5.73 Å². The molecule has 50 heavy (non-hydrogen) atoms. The maximum Gasteiger partial charge on any atom is 0.312 e. The van der Waals surface area contributed by atoms with Crippen molar-refractivity contribution in [3.63, 3.8) is 0 Å². The van der Waals surface area contributed by atoms with E-state index in [-0.39, 0.29) is 74.8 Å². The Hall–Kier alpha value is -4.32. The molecule has 0 aromatic carbocycles. The number of aromatic nitrogens is 4. The quantitative estimate of drug-likeness (QED) is 0.0560. The molecule has 15 heteroatoms. The average molecular weight is 704 g/mol. The van der Waals surface area contributed by atoms with Crippen molar-refractivity contribution < 1.29 is 47.3 Å². The van der Waals surface area contributed by atoms with E-state index < -0.39 is 47.9 Å². The molecule has 0 saturated carbocycles. The van der Waals surface area contributed by atoms with E-state index in [1.54, 1.807) is 0 Å². The highest BCUT2D eigenvalue weighted by molar-refractivity contribution is 5.81. The van der Waals surface area contributed by atoms with Crippen molar-refractivity contribution in [2.45, 2.75) is 129 Å². The van der Waals surface area contributed by atoms with Crippen molar-refractivity contribution in [1.29, 1.82) is 0 Å². The molecule has 3 atom stereocenters. The lowest BCUT2D eigenvalue weighted by Crippen LogP contribution is -2.39. The third-order valence-corrected chi connectivity index (χ3v) is 8.51. The minimum atomic E-state index is -1.28. The number of hydrogen-bond acceptors (Lipinski definition) is 13. The fraction of sp³-hybridized carbons (Fsp3) is 0.686. The van der Waals surface area contributed by atoms with Crippen molar-refractivity contribution >= 4 is 40.9 Å². The van der Waals surface area contributed by atoms with Crippen LogP contribution in [0, 0.1) is 24.3 Å². The maximum absolute atomic E-state index is 13.9. The molecule has 0 spiro atoms. The number of carbonyl (C=O) groups is 4. The van der Waals surface area contributed by atoms with Gasteiger partial charge in [-0.05, 0) is 25.7 Å². The zero-order valence-corrected chi connectivity index (χ0v) is 29.3. The number of imidazole rings is 1. The molecule has 2 aromatic rings. The minimum Gasteiger partial charge on any atom is -0.462 e. The second-order valence-electron chi connectivity index (χ2n) is 12.6. The van der Waals surface area contributed by atoms with Gasteiger partial charge in [0.2, 0.25) is 0 Å². The summed E-state index contributed by atoms with van der Waals surface area (Å²) in [7, 11) is 0. The largest absolute Gasteiger partial charge is 0.462 e. The van der Waals surface area contributed by atoms with Crippen LogP contribution in [-0.2, 0) is 42.9 Å². The second-order valence-corrected chi connectivity index (χ2v) is 12.6. The van der Waals surface area contributed by atoms with Gasteiger partial charge in [-0.2, -0.15) is 14.4 Å². The van der Waals surface area contributed by atoms with Gasteiger partial charge >= 0.3 is 30.0 Å². The Morgan fingerprint density at radius 1 is 0.940 bits per heavy atom. The number of unbranched alkanes of at least 4 members (excludes halogenated alkanes) is 6. The lowest BCUT2D eigenvalue weighted by molar-refractivity contribution is -0.167. The number of hydrogen-bond donors (Lipinski definition) is 1. The Balaban J connectivity index is 1.46. The highest BCUT2D eigenvalue weighted by Gasteiger charge is 2.47. The van der Waals surface area contributed by atoms with E-state index in [2.05, 4.69) is 34.7 Å². The molecule has 0 aliphatic carbocycles. The number of rotatable bonds is 22. The molecule has 1 fully saturated rings. The molecule has 1 saturated heterocycles. The summed E-state index contributed by atoms with van der Waals surface area (Å²) in [5.41, 5.74) is 4.86. The van der Waals surface area contributed by atoms with Gasteiger partial charge in [-0.3, -0.25) is 23.7 Å². The van der Waals surface area contributed by atoms with Gasteiger partial charge in [0.15, 0.2) is 28.7 Å². The molecule has 276 valence electrons. The fourth-order valence-corrected chi connectivity index (χ4v) is 5.49. The lowest BCUT2D eigenvalue weighted by Gasteiger charge is -2.27. The van der Waals surface area contributed by atoms with Crippen molar-refractivity contribution in [3.8, 4) is 12.3 Å². The van der Waals surface area contributed by atoms with Gasteiger partial charge < -0.3 is 29.4 Å². The Bertz CT molecular complexity index is 1450. The molecule has 14 nitrogen and oxygen atoms in total. The molecule has 3 rings (SSSR count). The third kappa shape index (κ3) is 12.2. The normalized spacial score (nSPS) is 18.6. The van der Waals surface area contributed by atoms with Crippen LogP contribution in [0.3, 0.4) is 0 Å². The van der Waals surface area contributed by atoms with E-state index in [0.717, 1.165) is 38.5 Å². The van der Waals surface area contributed by atoms with Crippen molar-refractivity contribution in [1.82, 2.24) is 19.5 Å². The molecule has 0 amide bonds. The first-order valence-corrected chi connectivity index (χ1v) is 17.5. The number of nitrogens with two attached hydrogens (primary N) is 1. The number of esters is 4. The highest BCUT2D eigenvalue weighted by Crippen LogP contribution is 2.42. The molecular weight excluding hydrogens is 653 g/mol. The van der Waals surface area contributed by atoms with Crippen LogP contribution >= 0.6 is 0 Å². The van der Waals surface area contributed by atoms with E-state index in [4.69, 9.17) is 35.8 Å². The SMILES string of the molecule is C#C[C@]1(COC(=O)CCCC(=O)OC(COC(=O)CCCCCC)COC(=O)CCCCCC)O[C@@H](n2cnc3c(N)nc(F)nc32)C[C@@H]1C. The summed E-state index contributed by atoms with van der Waals surface area (Å²) in [5, 5.41) is 0. The number of carbonyl (C=O) groups excluding carboxylic acids is 4. The van der Waals surface area contributed by atoms with Gasteiger partial charge in [-0.15, -0.1) is 6.42 Å². The molecule has 1 aliphatic rings. The number of ether oxygens (including phenoxy) is 5. The van der Waals surface area contributed by atoms with Crippen molar-refractivity contribution in [3.05, 3.63) is 12.4 Å². The van der Waals surface area contributed by atoms with E-state index in [0.29, 0.717) is 19.3 Å². The van der Waals surface area contributed by atoms with E-state index in [9.17, 15) is 23.6 Å². The Morgan fingerprint density at radius 2 is 1.52 bits per heavy atom. The molecule has 0 radical (unpaired) electrons. The molecule has 0 bridgehead atoms. The minimum absolute atomic E-state index is 0.106. The number of fused-ring (bicyclic) bond motifs is 1. The summed E-state index contributed by atoms with van der Waals surface area (Å²) in [6.45, 7) is 5.24. The zero-order valence-electron chi connectivity index (χ0n) is 29.3.